The molecule has 2 saturated carbocycles. The van der Waals surface area contributed by atoms with Crippen LogP contribution < -0.4 is 0 Å². The molecule has 0 amide bonds. The lowest BCUT2D eigenvalue weighted by Crippen LogP contribution is -2.55. The van der Waals surface area contributed by atoms with E-state index in [2.05, 4.69) is 27.7 Å². The largest absolute Gasteiger partial charge is 0.392 e. The minimum absolute atomic E-state index is 0.0142. The number of ether oxygens (including phenoxy) is 1. The minimum atomic E-state index is -0.0763. The summed E-state index contributed by atoms with van der Waals surface area (Å²) >= 11 is 0. The molecule has 3 aliphatic rings. The highest BCUT2D eigenvalue weighted by Crippen LogP contribution is 2.65. The SMILES string of the molecule is CC1(C)CCC[C@]2(C)[C@H]3C[C@@H](/C(=C\CO)CO)O[C@]3(C)CC[C@@H]12. The molecule has 1 aliphatic heterocycles. The maximum atomic E-state index is 9.66. The average molecular weight is 322 g/mol. The van der Waals surface area contributed by atoms with Crippen molar-refractivity contribution in [2.45, 2.75) is 77.9 Å². The van der Waals surface area contributed by atoms with Crippen molar-refractivity contribution >= 4 is 0 Å². The van der Waals surface area contributed by atoms with Crippen molar-refractivity contribution in [3.8, 4) is 0 Å². The quantitative estimate of drug-likeness (QED) is 0.779. The molecule has 1 saturated heterocycles. The van der Waals surface area contributed by atoms with Gasteiger partial charge in [0.05, 0.1) is 24.9 Å². The van der Waals surface area contributed by atoms with E-state index in [1.807, 2.05) is 0 Å². The fraction of sp³-hybridized carbons (Fsp3) is 0.900. The Hall–Kier alpha value is -0.380. The first-order valence-corrected chi connectivity index (χ1v) is 9.35. The normalized spacial score (nSPS) is 46.3. The van der Waals surface area contributed by atoms with Crippen LogP contribution in [0.5, 0.6) is 0 Å². The van der Waals surface area contributed by atoms with Gasteiger partial charge in [-0.2, -0.15) is 0 Å². The number of hydrogen-bond donors (Lipinski definition) is 2. The zero-order valence-corrected chi connectivity index (χ0v) is 15.3. The van der Waals surface area contributed by atoms with E-state index in [-0.39, 0.29) is 24.9 Å². The minimum Gasteiger partial charge on any atom is -0.392 e. The van der Waals surface area contributed by atoms with Gasteiger partial charge in [0, 0.05) is 0 Å². The summed E-state index contributed by atoms with van der Waals surface area (Å²) in [5, 5.41) is 18.9. The van der Waals surface area contributed by atoms with E-state index in [1.165, 1.54) is 25.7 Å². The lowest BCUT2D eigenvalue weighted by atomic mass is 9.45. The Morgan fingerprint density at radius 2 is 1.83 bits per heavy atom. The highest BCUT2D eigenvalue weighted by atomic mass is 16.5. The zero-order chi connectivity index (χ0) is 16.9. The topological polar surface area (TPSA) is 49.7 Å². The van der Waals surface area contributed by atoms with Gasteiger partial charge < -0.3 is 14.9 Å². The Balaban J connectivity index is 1.91. The lowest BCUT2D eigenvalue weighted by Gasteiger charge is -2.60. The van der Waals surface area contributed by atoms with Gasteiger partial charge in [0.15, 0.2) is 0 Å². The van der Waals surface area contributed by atoms with Crippen molar-refractivity contribution in [3.05, 3.63) is 11.6 Å². The van der Waals surface area contributed by atoms with Crippen molar-refractivity contribution in [3.63, 3.8) is 0 Å². The van der Waals surface area contributed by atoms with E-state index in [0.717, 1.165) is 24.3 Å². The number of aliphatic hydroxyl groups is 2. The van der Waals surface area contributed by atoms with Crippen molar-refractivity contribution in [2.24, 2.45) is 22.7 Å². The summed E-state index contributed by atoms with van der Waals surface area (Å²) in [6, 6.07) is 0. The Kier molecular flexibility index (Phi) is 4.44. The third-order valence-electron chi connectivity index (χ3n) is 7.55. The van der Waals surface area contributed by atoms with Crippen LogP contribution in [-0.4, -0.2) is 35.1 Å². The van der Waals surface area contributed by atoms with E-state index in [9.17, 15) is 10.2 Å². The molecule has 0 unspecified atom stereocenters. The fourth-order valence-electron chi connectivity index (χ4n) is 6.50. The van der Waals surface area contributed by atoms with Crippen LogP contribution in [0, 0.1) is 22.7 Å². The Morgan fingerprint density at radius 3 is 2.48 bits per heavy atom. The summed E-state index contributed by atoms with van der Waals surface area (Å²) in [5.74, 6) is 1.32. The second kappa shape index (κ2) is 5.86. The summed E-state index contributed by atoms with van der Waals surface area (Å²) in [6.07, 6.45) is 9.03. The van der Waals surface area contributed by atoms with Crippen LogP contribution in [0.15, 0.2) is 11.6 Å². The van der Waals surface area contributed by atoms with E-state index in [0.29, 0.717) is 16.7 Å². The summed E-state index contributed by atoms with van der Waals surface area (Å²) in [5.41, 5.74) is 1.54. The number of rotatable bonds is 3. The summed E-state index contributed by atoms with van der Waals surface area (Å²) in [4.78, 5) is 0. The molecule has 5 atom stereocenters. The molecule has 0 aromatic rings. The Morgan fingerprint density at radius 1 is 1.09 bits per heavy atom. The summed E-state index contributed by atoms with van der Waals surface area (Å²) in [7, 11) is 0. The molecule has 3 rings (SSSR count). The van der Waals surface area contributed by atoms with Gasteiger partial charge in [0.2, 0.25) is 0 Å². The number of hydrogen-bond acceptors (Lipinski definition) is 3. The molecule has 0 aromatic heterocycles. The van der Waals surface area contributed by atoms with Crippen LogP contribution >= 0.6 is 0 Å². The van der Waals surface area contributed by atoms with Crippen LogP contribution in [0.2, 0.25) is 0 Å². The van der Waals surface area contributed by atoms with Gasteiger partial charge in [-0.05, 0) is 67.3 Å². The molecule has 2 aliphatic carbocycles. The molecule has 3 heteroatoms. The van der Waals surface area contributed by atoms with E-state index < -0.39 is 0 Å². The average Bonchev–Trinajstić information content (AvgIpc) is 2.82. The van der Waals surface area contributed by atoms with Gasteiger partial charge in [-0.25, -0.2) is 0 Å². The maximum Gasteiger partial charge on any atom is 0.0819 e. The van der Waals surface area contributed by atoms with Gasteiger partial charge in [0.25, 0.3) is 0 Å². The highest BCUT2D eigenvalue weighted by molar-refractivity contribution is 5.18. The second-order valence-electron chi connectivity index (χ2n) is 9.27. The lowest BCUT2D eigenvalue weighted by molar-refractivity contribution is -0.152. The van der Waals surface area contributed by atoms with Crippen molar-refractivity contribution < 1.29 is 14.9 Å². The van der Waals surface area contributed by atoms with E-state index in [4.69, 9.17) is 4.74 Å². The first-order valence-electron chi connectivity index (χ1n) is 9.35. The number of aliphatic hydroxyl groups excluding tert-OH is 2. The van der Waals surface area contributed by atoms with E-state index >= 15 is 0 Å². The van der Waals surface area contributed by atoms with Crippen molar-refractivity contribution in [1.29, 1.82) is 0 Å². The third-order valence-corrected chi connectivity index (χ3v) is 7.55. The van der Waals surface area contributed by atoms with Crippen LogP contribution in [0.1, 0.15) is 66.2 Å². The molecule has 0 radical (unpaired) electrons. The summed E-state index contributed by atoms with van der Waals surface area (Å²) in [6.45, 7) is 9.66. The third kappa shape index (κ3) is 2.69. The second-order valence-corrected chi connectivity index (χ2v) is 9.27. The van der Waals surface area contributed by atoms with E-state index in [1.54, 1.807) is 6.08 Å². The van der Waals surface area contributed by atoms with Crippen LogP contribution in [0.25, 0.3) is 0 Å². The molecule has 0 spiro atoms. The molecule has 2 N–H and O–H groups in total. The number of fused-ring (bicyclic) bond motifs is 3. The highest BCUT2D eigenvalue weighted by Gasteiger charge is 2.62. The Bertz CT molecular complexity index is 483. The molecule has 3 nitrogen and oxygen atoms in total. The van der Waals surface area contributed by atoms with Gasteiger partial charge in [0.1, 0.15) is 0 Å². The van der Waals surface area contributed by atoms with Gasteiger partial charge in [-0.3, -0.25) is 0 Å². The van der Waals surface area contributed by atoms with Crippen LogP contribution in [0.3, 0.4) is 0 Å². The molecular formula is C20H34O3. The van der Waals surface area contributed by atoms with Crippen LogP contribution in [-0.2, 0) is 4.74 Å². The van der Waals surface area contributed by atoms with Crippen LogP contribution in [0.4, 0.5) is 0 Å². The molecule has 3 fully saturated rings. The Labute approximate surface area is 141 Å². The molecule has 0 aromatic carbocycles. The first-order chi connectivity index (χ1) is 10.8. The first kappa shape index (κ1) is 17.4. The summed E-state index contributed by atoms with van der Waals surface area (Å²) < 4.78 is 6.50. The molecular weight excluding hydrogens is 288 g/mol. The monoisotopic (exact) mass is 322 g/mol. The van der Waals surface area contributed by atoms with Crippen molar-refractivity contribution in [2.75, 3.05) is 13.2 Å². The predicted molar refractivity (Wildman–Crippen MR) is 92.1 cm³/mol. The molecule has 0 bridgehead atoms. The molecule has 132 valence electrons. The smallest absolute Gasteiger partial charge is 0.0819 e. The van der Waals surface area contributed by atoms with Gasteiger partial charge in [-0.15, -0.1) is 0 Å². The van der Waals surface area contributed by atoms with Crippen molar-refractivity contribution in [1.82, 2.24) is 0 Å². The van der Waals surface area contributed by atoms with Gasteiger partial charge >= 0.3 is 0 Å². The maximum absolute atomic E-state index is 9.66. The fourth-order valence-corrected chi connectivity index (χ4v) is 6.50. The molecule has 1 heterocycles. The zero-order valence-electron chi connectivity index (χ0n) is 15.3. The standard InChI is InChI=1S/C20H34O3/c1-18(2)8-5-9-19(3)16(18)6-10-20(4)17(19)12-15(23-20)14(13-22)7-11-21/h7,15-17,21-22H,5-6,8-13H2,1-4H3/b14-7-/t15-,16-,17+,19-,20+/m0/s1. The molecule has 23 heavy (non-hydrogen) atoms. The predicted octanol–water partition coefficient (Wildman–Crippen LogP) is 3.69. The van der Waals surface area contributed by atoms with Gasteiger partial charge in [-0.1, -0.05) is 33.3 Å².